The van der Waals surface area contributed by atoms with Crippen LogP contribution < -0.4 is 21.1 Å². The average molecular weight is 679 g/mol. The Kier molecular flexibility index (Phi) is 9.20. The van der Waals surface area contributed by atoms with Crippen LogP contribution in [0.25, 0.3) is 17.0 Å². The number of hydrogen-bond donors (Lipinski definition) is 3. The van der Waals surface area contributed by atoms with Crippen molar-refractivity contribution in [2.45, 2.75) is 61.6 Å². The molecule has 4 N–H and O–H groups in total. The topological polar surface area (TPSA) is 156 Å². The summed E-state index contributed by atoms with van der Waals surface area (Å²) in [5.74, 6) is 1.05. The zero-order chi connectivity index (χ0) is 33.3. The number of rotatable bonds is 11. The van der Waals surface area contributed by atoms with E-state index in [0.717, 1.165) is 72.1 Å². The van der Waals surface area contributed by atoms with Gasteiger partial charge in [0.05, 0.1) is 40.8 Å². The molecule has 0 bridgehead atoms. The third-order valence-corrected chi connectivity index (χ3v) is 11.5. The number of nitrogens with two attached hydrogens (primary N) is 1. The summed E-state index contributed by atoms with van der Waals surface area (Å²) in [4.78, 5) is 18.4. The van der Waals surface area contributed by atoms with Crippen molar-refractivity contribution in [3.05, 3.63) is 72.3 Å². The number of dihydropyridines is 1. The molecule has 3 aliphatic heterocycles. The van der Waals surface area contributed by atoms with Crippen LogP contribution in [0.4, 0.5) is 4.39 Å². The van der Waals surface area contributed by atoms with Gasteiger partial charge in [0.1, 0.15) is 18.5 Å². The number of pyridine rings is 1. The summed E-state index contributed by atoms with van der Waals surface area (Å²) in [5.41, 5.74) is 9.08. The highest BCUT2D eigenvalue weighted by Gasteiger charge is 2.38. The summed E-state index contributed by atoms with van der Waals surface area (Å²) in [6.45, 7) is 3.63. The van der Waals surface area contributed by atoms with E-state index in [0.29, 0.717) is 43.0 Å². The number of ether oxygens (including phenoxy) is 1. The van der Waals surface area contributed by atoms with Crippen LogP contribution in [-0.2, 0) is 15.7 Å². The Morgan fingerprint density at radius 2 is 1.94 bits per heavy atom. The maximum Gasteiger partial charge on any atom is 0.256 e. The molecule has 1 saturated carbocycles. The van der Waals surface area contributed by atoms with Gasteiger partial charge in [-0.25, -0.2) is 22.8 Å². The van der Waals surface area contributed by atoms with Crippen LogP contribution in [0.1, 0.15) is 49.9 Å². The second-order valence-corrected chi connectivity index (χ2v) is 15.3. The predicted octanol–water partition coefficient (Wildman–Crippen LogP) is 2.21. The minimum Gasteiger partial charge on any atom is -0.489 e. The quantitative estimate of drug-likeness (QED) is 0.272. The Morgan fingerprint density at radius 3 is 2.69 bits per heavy atom. The molecule has 48 heavy (non-hydrogen) atoms. The third kappa shape index (κ3) is 7.09. The Bertz CT molecular complexity index is 1770. The molecule has 256 valence electrons. The predicted molar refractivity (Wildman–Crippen MR) is 180 cm³/mol. The van der Waals surface area contributed by atoms with Gasteiger partial charge in [0.25, 0.3) is 10.0 Å². The highest BCUT2D eigenvalue weighted by atomic mass is 32.2. The maximum atomic E-state index is 13.2. The second-order valence-electron chi connectivity index (χ2n) is 13.2. The molecule has 3 aromatic heterocycles. The van der Waals surface area contributed by atoms with Gasteiger partial charge < -0.3 is 26.0 Å². The van der Waals surface area contributed by atoms with E-state index in [2.05, 4.69) is 37.6 Å². The van der Waals surface area contributed by atoms with Gasteiger partial charge in [-0.1, -0.05) is 0 Å². The Morgan fingerprint density at radius 1 is 1.10 bits per heavy atom. The van der Waals surface area contributed by atoms with Gasteiger partial charge in [0.15, 0.2) is 11.5 Å². The van der Waals surface area contributed by atoms with Crippen LogP contribution in [0.3, 0.4) is 0 Å². The first-order valence-corrected chi connectivity index (χ1v) is 18.2. The molecule has 4 aliphatic rings. The lowest BCUT2D eigenvalue weighted by Gasteiger charge is -2.37. The molecule has 0 spiro atoms. The summed E-state index contributed by atoms with van der Waals surface area (Å²) in [6, 6.07) is 5.71. The van der Waals surface area contributed by atoms with E-state index in [9.17, 15) is 12.8 Å². The molecular formula is C33H43FN10O3S. The minimum absolute atomic E-state index is 0.0783. The Labute approximate surface area is 280 Å². The number of nitrogens with one attached hydrogen (secondary N) is 2. The molecule has 0 amide bonds. The van der Waals surface area contributed by atoms with E-state index in [-0.39, 0.29) is 24.1 Å². The fraction of sp³-hybridized carbons (Fsp3) is 0.515. The number of alkyl halides is 1. The highest BCUT2D eigenvalue weighted by Crippen LogP contribution is 2.32. The maximum absolute atomic E-state index is 13.2. The van der Waals surface area contributed by atoms with Crippen molar-refractivity contribution in [1.82, 2.24) is 44.6 Å². The van der Waals surface area contributed by atoms with Crippen molar-refractivity contribution in [3.8, 4) is 17.1 Å². The molecule has 3 fully saturated rings. The Balaban J connectivity index is 1.15. The van der Waals surface area contributed by atoms with Crippen LogP contribution in [0.5, 0.6) is 5.75 Å². The number of aromatic nitrogens is 5. The largest absolute Gasteiger partial charge is 0.489 e. The van der Waals surface area contributed by atoms with E-state index >= 15 is 0 Å². The molecule has 0 aromatic carbocycles. The normalized spacial score (nSPS) is 24.4. The van der Waals surface area contributed by atoms with Gasteiger partial charge in [-0.05, 0) is 76.4 Å². The van der Waals surface area contributed by atoms with Crippen molar-refractivity contribution in [1.29, 1.82) is 0 Å². The van der Waals surface area contributed by atoms with Gasteiger partial charge in [-0.15, -0.1) is 0 Å². The molecule has 2 atom stereocenters. The molecule has 15 heteroatoms. The summed E-state index contributed by atoms with van der Waals surface area (Å²) < 4.78 is 45.9. The van der Waals surface area contributed by atoms with Gasteiger partial charge in [-0.2, -0.15) is 9.19 Å². The van der Waals surface area contributed by atoms with Gasteiger partial charge in [0, 0.05) is 55.9 Å². The SMILES string of the molecule is CN1CCC(Oc2ccc(C3=CNC(N)(c4ccnc(-c5cnn(S(=O)(=O)C6CC6)c5)n4)C=C3NC3CCCN(CCF)C3)nc2)CC1. The first-order chi connectivity index (χ1) is 23.2. The highest BCUT2D eigenvalue weighted by molar-refractivity contribution is 7.90. The number of likely N-dealkylation sites (tertiary alicyclic amines) is 2. The number of hydrogen-bond acceptors (Lipinski definition) is 12. The van der Waals surface area contributed by atoms with Crippen LogP contribution in [0.15, 0.2) is 61.0 Å². The third-order valence-electron chi connectivity index (χ3n) is 9.47. The lowest BCUT2D eigenvalue weighted by Crippen LogP contribution is -2.51. The van der Waals surface area contributed by atoms with Crippen molar-refractivity contribution >= 4 is 15.6 Å². The van der Waals surface area contributed by atoms with Gasteiger partial charge >= 0.3 is 0 Å². The molecule has 7 rings (SSSR count). The van der Waals surface area contributed by atoms with E-state index in [1.54, 1.807) is 18.5 Å². The zero-order valence-electron chi connectivity index (χ0n) is 27.1. The van der Waals surface area contributed by atoms with Crippen molar-refractivity contribution in [2.24, 2.45) is 5.73 Å². The lowest BCUT2D eigenvalue weighted by atomic mass is 9.95. The van der Waals surface area contributed by atoms with Crippen molar-refractivity contribution in [2.75, 3.05) is 46.4 Å². The van der Waals surface area contributed by atoms with Crippen LogP contribution in [0, 0.1) is 0 Å². The summed E-state index contributed by atoms with van der Waals surface area (Å²) in [7, 11) is -1.39. The first-order valence-electron chi connectivity index (χ1n) is 16.7. The molecule has 13 nitrogen and oxygen atoms in total. The fourth-order valence-electron chi connectivity index (χ4n) is 6.52. The van der Waals surface area contributed by atoms with Crippen molar-refractivity contribution < 1.29 is 17.5 Å². The number of halogens is 1. The second kappa shape index (κ2) is 13.5. The molecular weight excluding hydrogens is 635 g/mol. The summed E-state index contributed by atoms with van der Waals surface area (Å²) >= 11 is 0. The number of allylic oxidation sites excluding steroid dienone is 1. The number of piperidine rings is 2. The minimum atomic E-state index is -3.52. The molecule has 6 heterocycles. The summed E-state index contributed by atoms with van der Waals surface area (Å²) in [5, 5.41) is 10.7. The smallest absolute Gasteiger partial charge is 0.256 e. The van der Waals surface area contributed by atoms with Gasteiger partial charge in [0.2, 0.25) is 0 Å². The van der Waals surface area contributed by atoms with Crippen molar-refractivity contribution in [3.63, 3.8) is 0 Å². The lowest BCUT2D eigenvalue weighted by molar-refractivity contribution is 0.114. The monoisotopic (exact) mass is 678 g/mol. The fourth-order valence-corrected chi connectivity index (χ4v) is 8.00. The Hall–Kier alpha value is -3.92. The molecule has 3 aromatic rings. The van der Waals surface area contributed by atoms with Crippen LogP contribution >= 0.6 is 0 Å². The van der Waals surface area contributed by atoms with Crippen LogP contribution in [-0.4, -0.2) is 106 Å². The van der Waals surface area contributed by atoms with Crippen LogP contribution in [0.2, 0.25) is 0 Å². The molecule has 2 saturated heterocycles. The van der Waals surface area contributed by atoms with E-state index in [4.69, 9.17) is 20.4 Å². The van der Waals surface area contributed by atoms with E-state index in [1.165, 1.54) is 12.4 Å². The standard InChI is InChI=1S/C33H43FN10O3S/c1-42-14-9-25(10-15-42)47-26-4-7-29(37-19-26)28-20-38-33(35,17-30(28)40-24-3-2-13-43(22-24)16-11-34)31-8-12-36-32(41-31)23-18-39-44(21-23)48(45,46)27-5-6-27/h4,7-8,12,17-21,24-25,27,38,40H,2-3,5-6,9-11,13-16,22,35H2,1H3. The summed E-state index contributed by atoms with van der Waals surface area (Å²) in [6.07, 6.45) is 15.3. The molecule has 2 unspecified atom stereocenters. The number of nitrogens with zero attached hydrogens (tertiary/aromatic N) is 7. The first kappa shape index (κ1) is 32.6. The van der Waals surface area contributed by atoms with E-state index in [1.807, 2.05) is 24.4 Å². The van der Waals surface area contributed by atoms with Gasteiger partial charge in [-0.3, -0.25) is 9.88 Å². The van der Waals surface area contributed by atoms with E-state index < -0.39 is 15.7 Å². The zero-order valence-corrected chi connectivity index (χ0v) is 27.9. The average Bonchev–Trinajstić information content (AvgIpc) is 3.84. The molecule has 0 radical (unpaired) electrons. The molecule has 1 aliphatic carbocycles.